The first-order valence-electron chi connectivity index (χ1n) is 9.12. The summed E-state index contributed by atoms with van der Waals surface area (Å²) in [5, 5.41) is 7.98. The van der Waals surface area contributed by atoms with Crippen LogP contribution in [0.4, 0.5) is 5.82 Å². The van der Waals surface area contributed by atoms with Crippen LogP contribution < -0.4 is 10.1 Å². The number of amides is 1. The van der Waals surface area contributed by atoms with Crippen LogP contribution in [-0.2, 0) is 11.5 Å². The number of anilines is 1. The molecule has 1 fully saturated rings. The van der Waals surface area contributed by atoms with Crippen molar-refractivity contribution in [3.63, 3.8) is 0 Å². The summed E-state index contributed by atoms with van der Waals surface area (Å²) >= 11 is 6.77. The van der Waals surface area contributed by atoms with Gasteiger partial charge in [0.25, 0.3) is 5.19 Å². The number of hydrogen-bond donors (Lipinski definition) is 1. The van der Waals surface area contributed by atoms with Gasteiger partial charge >= 0.3 is 0 Å². The Kier molecular flexibility index (Phi) is 6.56. The first kappa shape index (κ1) is 19.9. The highest BCUT2D eigenvalue weighted by Crippen LogP contribution is 2.22. The highest BCUT2D eigenvalue weighted by molar-refractivity contribution is 7.73. The van der Waals surface area contributed by atoms with Crippen molar-refractivity contribution in [1.82, 2.24) is 19.7 Å². The Morgan fingerprint density at radius 2 is 2.15 bits per heavy atom. The molecule has 1 N–H and O–H groups in total. The minimum absolute atomic E-state index is 0.00630. The van der Waals surface area contributed by atoms with Crippen LogP contribution >= 0.6 is 23.6 Å². The van der Waals surface area contributed by atoms with Gasteiger partial charge in [0.1, 0.15) is 5.82 Å². The monoisotopic (exact) mass is 407 g/mol. The SMILES string of the molecule is Cc1cccc(NC(=O)C2CCN(Cn3nc(OC(C)C)sc3=S)CC2)n1. The molecule has 3 heterocycles. The van der Waals surface area contributed by atoms with E-state index in [0.717, 1.165) is 31.6 Å². The van der Waals surface area contributed by atoms with Crippen LogP contribution in [0, 0.1) is 16.8 Å². The molecular weight excluding hydrogens is 382 g/mol. The van der Waals surface area contributed by atoms with Crippen molar-refractivity contribution in [2.24, 2.45) is 5.92 Å². The van der Waals surface area contributed by atoms with Crippen LogP contribution in [0.2, 0.25) is 0 Å². The van der Waals surface area contributed by atoms with E-state index in [9.17, 15) is 4.79 Å². The lowest BCUT2D eigenvalue weighted by Crippen LogP contribution is -2.39. The van der Waals surface area contributed by atoms with Crippen molar-refractivity contribution in [2.45, 2.75) is 46.4 Å². The number of piperidine rings is 1. The summed E-state index contributed by atoms with van der Waals surface area (Å²) in [6.45, 7) is 8.14. The zero-order chi connectivity index (χ0) is 19.4. The lowest BCUT2D eigenvalue weighted by atomic mass is 9.96. The van der Waals surface area contributed by atoms with Crippen LogP contribution in [-0.4, -0.2) is 44.8 Å². The Hall–Kier alpha value is -1.84. The fraction of sp³-hybridized carbons (Fsp3) is 0.556. The zero-order valence-electron chi connectivity index (χ0n) is 15.8. The number of carbonyl (C=O) groups is 1. The minimum atomic E-state index is 0.00630. The third kappa shape index (κ3) is 5.57. The van der Waals surface area contributed by atoms with Crippen LogP contribution in [0.5, 0.6) is 5.19 Å². The Morgan fingerprint density at radius 1 is 1.41 bits per heavy atom. The van der Waals surface area contributed by atoms with Crippen molar-refractivity contribution in [2.75, 3.05) is 18.4 Å². The van der Waals surface area contributed by atoms with Crippen molar-refractivity contribution in [3.05, 3.63) is 27.8 Å². The molecule has 0 radical (unpaired) electrons. The Balaban J connectivity index is 1.51. The van der Waals surface area contributed by atoms with Crippen molar-refractivity contribution < 1.29 is 9.53 Å². The van der Waals surface area contributed by atoms with E-state index in [1.54, 1.807) is 4.68 Å². The van der Waals surface area contributed by atoms with E-state index in [1.807, 2.05) is 39.0 Å². The van der Waals surface area contributed by atoms with Crippen molar-refractivity contribution in [1.29, 1.82) is 0 Å². The van der Waals surface area contributed by atoms with Gasteiger partial charge in [-0.25, -0.2) is 9.67 Å². The van der Waals surface area contributed by atoms with Gasteiger partial charge in [0, 0.05) is 24.7 Å². The summed E-state index contributed by atoms with van der Waals surface area (Å²) in [5.74, 6) is 0.673. The molecule has 27 heavy (non-hydrogen) atoms. The smallest absolute Gasteiger partial charge is 0.293 e. The number of rotatable bonds is 6. The van der Waals surface area contributed by atoms with Gasteiger partial charge < -0.3 is 10.1 Å². The highest BCUT2D eigenvalue weighted by Gasteiger charge is 2.25. The number of nitrogens with one attached hydrogen (secondary N) is 1. The molecule has 2 aromatic heterocycles. The highest BCUT2D eigenvalue weighted by atomic mass is 32.1. The van der Waals surface area contributed by atoms with Gasteiger partial charge in [-0.1, -0.05) is 6.07 Å². The molecule has 0 aliphatic carbocycles. The van der Waals surface area contributed by atoms with E-state index in [4.69, 9.17) is 17.0 Å². The molecule has 1 aliphatic heterocycles. The maximum absolute atomic E-state index is 12.5. The number of nitrogens with zero attached hydrogens (tertiary/aromatic N) is 4. The van der Waals surface area contributed by atoms with Crippen LogP contribution in [0.1, 0.15) is 32.4 Å². The summed E-state index contributed by atoms with van der Waals surface area (Å²) < 4.78 is 8.13. The zero-order valence-corrected chi connectivity index (χ0v) is 17.5. The maximum Gasteiger partial charge on any atom is 0.293 e. The third-order valence-corrected chi connectivity index (χ3v) is 5.55. The van der Waals surface area contributed by atoms with Gasteiger partial charge in [-0.15, -0.1) is 5.10 Å². The molecule has 2 aromatic rings. The molecule has 0 unspecified atom stereocenters. The van der Waals surface area contributed by atoms with Gasteiger partial charge in [-0.3, -0.25) is 9.69 Å². The molecule has 0 atom stereocenters. The second kappa shape index (κ2) is 8.90. The lowest BCUT2D eigenvalue weighted by Gasteiger charge is -2.30. The van der Waals surface area contributed by atoms with Crippen molar-refractivity contribution in [3.8, 4) is 5.19 Å². The summed E-state index contributed by atoms with van der Waals surface area (Å²) in [7, 11) is 0. The first-order valence-corrected chi connectivity index (χ1v) is 10.3. The first-order chi connectivity index (χ1) is 12.9. The van der Waals surface area contributed by atoms with E-state index < -0.39 is 0 Å². The molecule has 146 valence electrons. The molecule has 1 amide bonds. The van der Waals surface area contributed by atoms with E-state index in [-0.39, 0.29) is 17.9 Å². The fourth-order valence-electron chi connectivity index (χ4n) is 2.99. The predicted molar refractivity (Wildman–Crippen MR) is 109 cm³/mol. The fourth-order valence-corrected chi connectivity index (χ4v) is 4.04. The van der Waals surface area contributed by atoms with Gasteiger partial charge in [-0.05, 0) is 69.3 Å². The van der Waals surface area contributed by atoms with E-state index in [0.29, 0.717) is 21.6 Å². The van der Waals surface area contributed by atoms with Gasteiger partial charge in [-0.2, -0.15) is 0 Å². The number of aryl methyl sites for hydroxylation is 1. The summed E-state index contributed by atoms with van der Waals surface area (Å²) in [5.41, 5.74) is 0.892. The number of carbonyl (C=O) groups excluding carboxylic acids is 1. The molecule has 0 saturated carbocycles. The van der Waals surface area contributed by atoms with Gasteiger partial charge in [0.15, 0.2) is 3.95 Å². The second-order valence-electron chi connectivity index (χ2n) is 6.99. The number of hydrogen-bond acceptors (Lipinski definition) is 7. The van der Waals surface area contributed by atoms with Crippen LogP contribution in [0.25, 0.3) is 0 Å². The molecular formula is C18H25N5O2S2. The number of ether oxygens (including phenoxy) is 1. The van der Waals surface area contributed by atoms with Crippen molar-refractivity contribution >= 4 is 35.3 Å². The third-order valence-electron chi connectivity index (χ3n) is 4.36. The topological polar surface area (TPSA) is 72.3 Å². The molecule has 7 nitrogen and oxygen atoms in total. The standard InChI is InChI=1S/C18H25N5O2S2/c1-12(2)25-17-21-23(18(26)27-17)11-22-9-7-14(8-10-22)16(24)20-15-6-4-5-13(3)19-15/h4-6,12,14H,7-11H2,1-3H3,(H,19,20,24). The largest absolute Gasteiger partial charge is 0.466 e. The molecule has 0 spiro atoms. The quantitative estimate of drug-likeness (QED) is 0.739. The van der Waals surface area contributed by atoms with E-state index in [1.165, 1.54) is 11.3 Å². The van der Waals surface area contributed by atoms with E-state index >= 15 is 0 Å². The molecule has 1 aliphatic rings. The molecule has 0 bridgehead atoms. The molecule has 3 rings (SSSR count). The number of likely N-dealkylation sites (tertiary alicyclic amines) is 1. The van der Waals surface area contributed by atoms with E-state index in [2.05, 4.69) is 20.3 Å². The number of aromatic nitrogens is 3. The Bertz CT molecular complexity index is 840. The summed E-state index contributed by atoms with van der Waals surface area (Å²) in [4.78, 5) is 19.1. The number of pyridine rings is 1. The normalized spacial score (nSPS) is 15.9. The maximum atomic E-state index is 12.5. The minimum Gasteiger partial charge on any atom is -0.466 e. The molecule has 0 aromatic carbocycles. The Labute approximate surface area is 168 Å². The summed E-state index contributed by atoms with van der Waals surface area (Å²) in [6, 6.07) is 5.63. The predicted octanol–water partition coefficient (Wildman–Crippen LogP) is 3.47. The second-order valence-corrected chi connectivity index (χ2v) is 8.57. The molecule has 1 saturated heterocycles. The van der Waals surface area contributed by atoms with Crippen LogP contribution in [0.3, 0.4) is 0 Å². The average molecular weight is 408 g/mol. The summed E-state index contributed by atoms with van der Waals surface area (Å²) in [6.07, 6.45) is 1.70. The lowest BCUT2D eigenvalue weighted by molar-refractivity contribution is -0.121. The van der Waals surface area contributed by atoms with Gasteiger partial charge in [0.2, 0.25) is 5.91 Å². The van der Waals surface area contributed by atoms with Gasteiger partial charge in [0.05, 0.1) is 12.8 Å². The Morgan fingerprint density at radius 3 is 2.81 bits per heavy atom. The van der Waals surface area contributed by atoms with Crippen LogP contribution in [0.15, 0.2) is 18.2 Å². The average Bonchev–Trinajstić information content (AvgIpc) is 2.94. The molecule has 9 heteroatoms.